The van der Waals surface area contributed by atoms with Crippen molar-refractivity contribution in [2.45, 2.75) is 39.8 Å². The van der Waals surface area contributed by atoms with Crippen LogP contribution in [0.2, 0.25) is 0 Å². The van der Waals surface area contributed by atoms with Crippen molar-refractivity contribution in [3.63, 3.8) is 0 Å². The monoisotopic (exact) mass is 318 g/mol. The van der Waals surface area contributed by atoms with Gasteiger partial charge in [0.25, 0.3) is 5.56 Å². The van der Waals surface area contributed by atoms with Crippen LogP contribution in [0.3, 0.4) is 0 Å². The van der Waals surface area contributed by atoms with Gasteiger partial charge in [-0.2, -0.15) is 5.21 Å². The molecule has 0 radical (unpaired) electrons. The van der Waals surface area contributed by atoms with Crippen molar-refractivity contribution in [1.82, 2.24) is 39.3 Å². The summed E-state index contributed by atoms with van der Waals surface area (Å²) in [5.74, 6) is 1.08. The van der Waals surface area contributed by atoms with Crippen LogP contribution in [-0.2, 0) is 26.6 Å². The molecular formula is C13H18N8O2. The number of aromatic nitrogens is 8. The zero-order chi connectivity index (χ0) is 16.6. The third-order valence-electron chi connectivity index (χ3n) is 3.76. The normalized spacial score (nSPS) is 11.4. The average Bonchev–Trinajstić information content (AvgIpc) is 3.17. The smallest absolute Gasteiger partial charge is 0.322 e. The number of hydrogen-bond acceptors (Lipinski definition) is 6. The molecule has 122 valence electrons. The highest BCUT2D eigenvalue weighted by Gasteiger charge is 2.19. The SMILES string of the molecule is CCCn1c(CC)nc2c1c(=O)n(Cc1nn[nH]n1)c(=O)n2C. The number of hydrogen-bond donors (Lipinski definition) is 1. The number of aromatic amines is 1. The fraction of sp³-hybridized carbons (Fsp3) is 0.538. The zero-order valence-electron chi connectivity index (χ0n) is 13.3. The van der Waals surface area contributed by atoms with Crippen LogP contribution in [0.15, 0.2) is 9.59 Å². The molecular weight excluding hydrogens is 300 g/mol. The van der Waals surface area contributed by atoms with E-state index in [1.165, 1.54) is 4.57 Å². The summed E-state index contributed by atoms with van der Waals surface area (Å²) < 4.78 is 4.40. The lowest BCUT2D eigenvalue weighted by Crippen LogP contribution is -2.40. The minimum absolute atomic E-state index is 0.0310. The van der Waals surface area contributed by atoms with E-state index < -0.39 is 5.69 Å². The number of imidazole rings is 1. The van der Waals surface area contributed by atoms with Gasteiger partial charge in [0, 0.05) is 20.0 Å². The van der Waals surface area contributed by atoms with Crippen molar-refractivity contribution in [2.75, 3.05) is 0 Å². The summed E-state index contributed by atoms with van der Waals surface area (Å²) in [5.41, 5.74) is 0.0219. The molecule has 0 aliphatic heterocycles. The summed E-state index contributed by atoms with van der Waals surface area (Å²) >= 11 is 0. The van der Waals surface area contributed by atoms with E-state index >= 15 is 0 Å². The van der Waals surface area contributed by atoms with E-state index in [0.29, 0.717) is 24.1 Å². The molecule has 0 amide bonds. The molecule has 0 aliphatic rings. The molecule has 10 heteroatoms. The van der Waals surface area contributed by atoms with Gasteiger partial charge in [-0.15, -0.1) is 10.2 Å². The van der Waals surface area contributed by atoms with E-state index in [0.717, 1.165) is 16.8 Å². The van der Waals surface area contributed by atoms with Gasteiger partial charge in [0.05, 0.1) is 6.54 Å². The fourth-order valence-corrected chi connectivity index (χ4v) is 2.68. The van der Waals surface area contributed by atoms with Crippen LogP contribution in [-0.4, -0.2) is 39.3 Å². The molecule has 0 fully saturated rings. The molecule has 0 bridgehead atoms. The highest BCUT2D eigenvalue weighted by Crippen LogP contribution is 2.12. The van der Waals surface area contributed by atoms with Crippen LogP contribution >= 0.6 is 0 Å². The molecule has 0 aromatic carbocycles. The molecule has 0 unspecified atom stereocenters. The number of nitrogens with zero attached hydrogens (tertiary/aromatic N) is 7. The van der Waals surface area contributed by atoms with E-state index in [4.69, 9.17) is 0 Å². The molecule has 0 aliphatic carbocycles. The van der Waals surface area contributed by atoms with Crippen LogP contribution in [0.4, 0.5) is 0 Å². The lowest BCUT2D eigenvalue weighted by atomic mass is 10.4. The Kier molecular flexibility index (Phi) is 3.80. The van der Waals surface area contributed by atoms with Crippen molar-refractivity contribution in [3.8, 4) is 0 Å². The van der Waals surface area contributed by atoms with E-state index in [9.17, 15) is 9.59 Å². The molecule has 1 N–H and O–H groups in total. The summed E-state index contributed by atoms with van der Waals surface area (Å²) in [5, 5.41) is 13.4. The van der Waals surface area contributed by atoms with Crippen LogP contribution in [0, 0.1) is 0 Å². The van der Waals surface area contributed by atoms with Crippen LogP contribution in [0.25, 0.3) is 11.2 Å². The van der Waals surface area contributed by atoms with E-state index in [2.05, 4.69) is 25.6 Å². The first kappa shape index (κ1) is 15.1. The van der Waals surface area contributed by atoms with Gasteiger partial charge in [0.2, 0.25) is 0 Å². The summed E-state index contributed by atoms with van der Waals surface area (Å²) in [6.07, 6.45) is 1.55. The summed E-state index contributed by atoms with van der Waals surface area (Å²) in [4.78, 5) is 29.8. The van der Waals surface area contributed by atoms with Crippen LogP contribution in [0.5, 0.6) is 0 Å². The van der Waals surface area contributed by atoms with Gasteiger partial charge in [-0.1, -0.05) is 19.1 Å². The Hall–Kier alpha value is -2.78. The first-order chi connectivity index (χ1) is 11.1. The van der Waals surface area contributed by atoms with Crippen molar-refractivity contribution in [2.24, 2.45) is 7.05 Å². The van der Waals surface area contributed by atoms with Gasteiger partial charge in [0.1, 0.15) is 5.82 Å². The first-order valence-corrected chi connectivity index (χ1v) is 7.49. The minimum Gasteiger partial charge on any atom is -0.322 e. The number of aryl methyl sites for hydroxylation is 3. The maximum atomic E-state index is 12.9. The molecule has 0 atom stereocenters. The second kappa shape index (κ2) is 5.78. The number of H-pyrrole nitrogens is 1. The largest absolute Gasteiger partial charge is 0.332 e. The Morgan fingerprint density at radius 1 is 1.17 bits per heavy atom. The number of rotatable bonds is 5. The maximum Gasteiger partial charge on any atom is 0.332 e. The van der Waals surface area contributed by atoms with E-state index in [-0.39, 0.29) is 17.9 Å². The van der Waals surface area contributed by atoms with Gasteiger partial charge >= 0.3 is 5.69 Å². The molecule has 3 aromatic heterocycles. The summed E-state index contributed by atoms with van der Waals surface area (Å²) in [6.45, 7) is 4.65. The van der Waals surface area contributed by atoms with Crippen molar-refractivity contribution in [3.05, 3.63) is 32.5 Å². The molecule has 0 saturated carbocycles. The second-order valence-electron chi connectivity index (χ2n) is 5.27. The van der Waals surface area contributed by atoms with Gasteiger partial charge in [-0.05, 0) is 6.42 Å². The number of tetrazole rings is 1. The van der Waals surface area contributed by atoms with E-state index in [1.54, 1.807) is 7.05 Å². The second-order valence-corrected chi connectivity index (χ2v) is 5.27. The Bertz CT molecular complexity index is 947. The molecule has 3 aromatic rings. The highest BCUT2D eigenvalue weighted by molar-refractivity contribution is 5.71. The quantitative estimate of drug-likeness (QED) is 0.673. The van der Waals surface area contributed by atoms with Gasteiger partial charge in [0.15, 0.2) is 17.0 Å². The third-order valence-corrected chi connectivity index (χ3v) is 3.76. The van der Waals surface area contributed by atoms with Crippen LogP contribution in [0.1, 0.15) is 31.9 Å². The summed E-state index contributed by atoms with van der Waals surface area (Å²) in [6, 6.07) is 0. The lowest BCUT2D eigenvalue weighted by molar-refractivity contribution is 0.623. The maximum absolute atomic E-state index is 12.9. The van der Waals surface area contributed by atoms with Gasteiger partial charge in [-0.25, -0.2) is 9.78 Å². The molecule has 23 heavy (non-hydrogen) atoms. The number of fused-ring (bicyclic) bond motifs is 1. The Morgan fingerprint density at radius 2 is 1.96 bits per heavy atom. The molecule has 3 heterocycles. The fourth-order valence-electron chi connectivity index (χ4n) is 2.68. The first-order valence-electron chi connectivity index (χ1n) is 7.49. The van der Waals surface area contributed by atoms with E-state index in [1.807, 2.05) is 18.4 Å². The van der Waals surface area contributed by atoms with Gasteiger partial charge < -0.3 is 4.57 Å². The zero-order valence-corrected chi connectivity index (χ0v) is 13.3. The molecule has 0 saturated heterocycles. The van der Waals surface area contributed by atoms with Crippen molar-refractivity contribution >= 4 is 11.2 Å². The standard InChI is InChI=1S/C13H18N8O2/c1-4-6-20-9(5-2)14-11-10(20)12(22)21(13(23)19(11)3)7-8-15-17-18-16-8/h4-7H2,1-3H3,(H,15,16,17,18). The minimum atomic E-state index is -0.448. The van der Waals surface area contributed by atoms with Crippen LogP contribution < -0.4 is 11.2 Å². The summed E-state index contributed by atoms with van der Waals surface area (Å²) in [7, 11) is 1.61. The predicted octanol–water partition coefficient (Wildman–Crippen LogP) is -0.569. The Balaban J connectivity index is 2.32. The average molecular weight is 318 g/mol. The van der Waals surface area contributed by atoms with Crippen molar-refractivity contribution < 1.29 is 0 Å². The Morgan fingerprint density at radius 3 is 2.57 bits per heavy atom. The predicted molar refractivity (Wildman–Crippen MR) is 82.2 cm³/mol. The van der Waals surface area contributed by atoms with Crippen molar-refractivity contribution in [1.29, 1.82) is 0 Å². The Labute approximate surface area is 130 Å². The lowest BCUT2D eigenvalue weighted by Gasteiger charge is -2.08. The van der Waals surface area contributed by atoms with Gasteiger partial charge in [-0.3, -0.25) is 13.9 Å². The third kappa shape index (κ3) is 2.35. The highest BCUT2D eigenvalue weighted by atomic mass is 16.2. The topological polar surface area (TPSA) is 116 Å². The molecule has 3 rings (SSSR count). The molecule has 10 nitrogen and oxygen atoms in total. The number of nitrogens with one attached hydrogen (secondary N) is 1. The molecule has 0 spiro atoms.